The van der Waals surface area contributed by atoms with Gasteiger partial charge < -0.3 is 9.67 Å². The van der Waals surface area contributed by atoms with E-state index >= 15 is 0 Å². The van der Waals surface area contributed by atoms with Crippen molar-refractivity contribution in [2.45, 2.75) is 31.1 Å². The molecule has 122 valence electrons. The molecule has 0 fully saturated rings. The second kappa shape index (κ2) is 8.39. The Morgan fingerprint density at radius 2 is 1.78 bits per heavy atom. The zero-order valence-corrected chi connectivity index (χ0v) is 14.7. The molecule has 1 atom stereocenters. The molecule has 0 spiro atoms. The highest BCUT2D eigenvalue weighted by Crippen LogP contribution is 2.28. The highest BCUT2D eigenvalue weighted by atomic mass is 35.5. The van der Waals surface area contributed by atoms with E-state index in [1.807, 2.05) is 48.5 Å². The van der Waals surface area contributed by atoms with E-state index < -0.39 is 6.10 Å². The number of para-hydroxylation sites is 2. The van der Waals surface area contributed by atoms with Crippen molar-refractivity contribution >= 4 is 35.2 Å². The molecule has 1 unspecified atom stereocenters. The zero-order chi connectivity index (χ0) is 15.4. The number of aromatic nitrogens is 2. The fourth-order valence-electron chi connectivity index (χ4n) is 2.53. The Kier molecular flexibility index (Phi) is 6.51. The second-order valence-electron chi connectivity index (χ2n) is 5.27. The number of benzene rings is 2. The second-order valence-corrected chi connectivity index (χ2v) is 6.26. The number of nitrogens with zero attached hydrogens (tertiary/aromatic N) is 2. The van der Waals surface area contributed by atoms with E-state index in [9.17, 15) is 5.11 Å². The number of aliphatic hydroxyl groups excluding tert-OH is 1. The lowest BCUT2D eigenvalue weighted by Gasteiger charge is -2.11. The topological polar surface area (TPSA) is 38.0 Å². The minimum atomic E-state index is -0.471. The highest BCUT2D eigenvalue weighted by Gasteiger charge is 2.13. The van der Waals surface area contributed by atoms with Crippen LogP contribution in [0, 0.1) is 0 Å². The molecule has 0 bridgehead atoms. The summed E-state index contributed by atoms with van der Waals surface area (Å²) < 4.78 is 2.25. The molecule has 1 heterocycles. The molecule has 1 aromatic heterocycles. The van der Waals surface area contributed by atoms with Gasteiger partial charge in [-0.2, -0.15) is 0 Å². The van der Waals surface area contributed by atoms with Gasteiger partial charge in [0.15, 0.2) is 5.16 Å². The molecule has 0 aliphatic rings. The molecule has 3 rings (SSSR count). The molecule has 0 aliphatic heterocycles. The number of hydrogen-bond donors (Lipinski definition) is 1. The number of halogens is 1. The number of hydrogen-bond acceptors (Lipinski definition) is 3. The van der Waals surface area contributed by atoms with E-state index in [4.69, 9.17) is 4.98 Å². The van der Waals surface area contributed by atoms with E-state index in [0.29, 0.717) is 5.75 Å². The fraction of sp³-hybridized carbons (Fsp3) is 0.278. The van der Waals surface area contributed by atoms with Crippen LogP contribution in [-0.2, 0) is 6.54 Å². The predicted octanol–water partition coefficient (Wildman–Crippen LogP) is 4.69. The van der Waals surface area contributed by atoms with Gasteiger partial charge in [-0.3, -0.25) is 0 Å². The van der Waals surface area contributed by atoms with Crippen LogP contribution in [0.1, 0.15) is 25.0 Å². The van der Waals surface area contributed by atoms with Crippen LogP contribution in [0.5, 0.6) is 0 Å². The maximum Gasteiger partial charge on any atom is 0.169 e. The van der Waals surface area contributed by atoms with E-state index in [-0.39, 0.29) is 12.4 Å². The first kappa shape index (κ1) is 17.9. The van der Waals surface area contributed by atoms with Crippen molar-refractivity contribution < 1.29 is 5.11 Å². The number of aliphatic hydroxyl groups is 1. The Morgan fingerprint density at radius 1 is 1.09 bits per heavy atom. The van der Waals surface area contributed by atoms with Crippen molar-refractivity contribution in [1.82, 2.24) is 9.55 Å². The van der Waals surface area contributed by atoms with Gasteiger partial charge in [-0.05, 0) is 24.1 Å². The first-order valence-corrected chi connectivity index (χ1v) is 8.59. The van der Waals surface area contributed by atoms with Crippen molar-refractivity contribution in [1.29, 1.82) is 0 Å². The number of fused-ring (bicyclic) bond motifs is 1. The minimum Gasteiger partial charge on any atom is -0.388 e. The summed E-state index contributed by atoms with van der Waals surface area (Å²) in [6.07, 6.45) is 0.593. The van der Waals surface area contributed by atoms with Gasteiger partial charge in [0.1, 0.15) is 0 Å². The van der Waals surface area contributed by atoms with Crippen LogP contribution in [0.15, 0.2) is 59.8 Å². The van der Waals surface area contributed by atoms with Crippen molar-refractivity contribution in [2.75, 3.05) is 5.75 Å². The van der Waals surface area contributed by atoms with Crippen molar-refractivity contribution in [3.63, 3.8) is 0 Å². The summed E-state index contributed by atoms with van der Waals surface area (Å²) in [6.45, 7) is 3.12. The van der Waals surface area contributed by atoms with Crippen LogP contribution < -0.4 is 0 Å². The molecule has 0 radical (unpaired) electrons. The van der Waals surface area contributed by atoms with Crippen molar-refractivity contribution in [2.24, 2.45) is 0 Å². The van der Waals surface area contributed by atoms with Gasteiger partial charge in [0.05, 0.1) is 17.1 Å². The minimum absolute atomic E-state index is 0. The van der Waals surface area contributed by atoms with Crippen molar-refractivity contribution in [3.8, 4) is 0 Å². The SMILES string of the molecule is CCCn1c(SCC(O)c2ccccc2)nc2ccccc21.Cl. The quantitative estimate of drug-likeness (QED) is 0.656. The summed E-state index contributed by atoms with van der Waals surface area (Å²) in [5.74, 6) is 0.608. The van der Waals surface area contributed by atoms with Crippen molar-refractivity contribution in [3.05, 3.63) is 60.2 Å². The largest absolute Gasteiger partial charge is 0.388 e. The van der Waals surface area contributed by atoms with E-state index in [0.717, 1.165) is 29.2 Å². The Morgan fingerprint density at radius 3 is 2.52 bits per heavy atom. The van der Waals surface area contributed by atoms with Crippen LogP contribution in [0.2, 0.25) is 0 Å². The lowest BCUT2D eigenvalue weighted by Crippen LogP contribution is -2.03. The molecule has 0 saturated heterocycles. The number of imidazole rings is 1. The molecule has 1 N–H and O–H groups in total. The normalized spacial score (nSPS) is 12.1. The Hall–Kier alpha value is -1.49. The average Bonchev–Trinajstić information content (AvgIpc) is 2.92. The monoisotopic (exact) mass is 348 g/mol. The third kappa shape index (κ3) is 4.08. The number of thioether (sulfide) groups is 1. The molecule has 3 aromatic rings. The van der Waals surface area contributed by atoms with Gasteiger partial charge in [0.25, 0.3) is 0 Å². The molecule has 0 saturated carbocycles. The Bertz CT molecular complexity index is 745. The smallest absolute Gasteiger partial charge is 0.169 e. The molecule has 23 heavy (non-hydrogen) atoms. The van der Waals surface area contributed by atoms with Gasteiger partial charge in [-0.1, -0.05) is 61.2 Å². The average molecular weight is 349 g/mol. The standard InChI is InChI=1S/C18H20N2OS.ClH/c1-2-12-20-16-11-7-6-10-15(16)19-18(20)22-13-17(21)14-8-4-3-5-9-14;/h3-11,17,21H,2,12-13H2,1H3;1H. The summed E-state index contributed by atoms with van der Waals surface area (Å²) >= 11 is 1.62. The van der Waals surface area contributed by atoms with Gasteiger partial charge in [-0.15, -0.1) is 12.4 Å². The number of rotatable bonds is 6. The maximum atomic E-state index is 10.3. The Labute approximate surface area is 147 Å². The molecule has 0 amide bonds. The molecule has 0 aliphatic carbocycles. The number of aryl methyl sites for hydroxylation is 1. The van der Waals surface area contributed by atoms with Crippen LogP contribution in [0.25, 0.3) is 11.0 Å². The van der Waals surface area contributed by atoms with Gasteiger partial charge in [-0.25, -0.2) is 4.98 Å². The van der Waals surface area contributed by atoms with E-state index in [1.165, 1.54) is 5.52 Å². The summed E-state index contributed by atoms with van der Waals surface area (Å²) in [5, 5.41) is 11.3. The molecular weight excluding hydrogens is 328 g/mol. The predicted molar refractivity (Wildman–Crippen MR) is 99.4 cm³/mol. The first-order valence-electron chi connectivity index (χ1n) is 7.60. The first-order chi connectivity index (χ1) is 10.8. The maximum absolute atomic E-state index is 10.3. The van der Waals surface area contributed by atoms with Gasteiger partial charge in [0, 0.05) is 12.3 Å². The summed E-state index contributed by atoms with van der Waals surface area (Å²) in [6, 6.07) is 18.0. The lowest BCUT2D eigenvalue weighted by atomic mass is 10.1. The third-order valence-electron chi connectivity index (χ3n) is 3.62. The molecular formula is C18H21ClN2OS. The fourth-order valence-corrected chi connectivity index (χ4v) is 3.54. The zero-order valence-electron chi connectivity index (χ0n) is 13.1. The van der Waals surface area contributed by atoms with Crippen LogP contribution >= 0.6 is 24.2 Å². The summed E-state index contributed by atoms with van der Waals surface area (Å²) in [5.41, 5.74) is 3.14. The van der Waals surface area contributed by atoms with Gasteiger partial charge >= 0.3 is 0 Å². The highest BCUT2D eigenvalue weighted by molar-refractivity contribution is 7.99. The lowest BCUT2D eigenvalue weighted by molar-refractivity contribution is 0.204. The van der Waals surface area contributed by atoms with Gasteiger partial charge in [0.2, 0.25) is 0 Å². The summed E-state index contributed by atoms with van der Waals surface area (Å²) in [4.78, 5) is 4.71. The molecule has 3 nitrogen and oxygen atoms in total. The molecule has 2 aromatic carbocycles. The van der Waals surface area contributed by atoms with Crippen LogP contribution in [0.3, 0.4) is 0 Å². The summed E-state index contributed by atoms with van der Waals surface area (Å²) in [7, 11) is 0. The molecule has 5 heteroatoms. The third-order valence-corrected chi connectivity index (χ3v) is 4.67. The van der Waals surface area contributed by atoms with Crippen LogP contribution in [0.4, 0.5) is 0 Å². The van der Waals surface area contributed by atoms with E-state index in [1.54, 1.807) is 11.8 Å². The van der Waals surface area contributed by atoms with E-state index in [2.05, 4.69) is 17.6 Å². The van der Waals surface area contributed by atoms with Crippen LogP contribution in [-0.4, -0.2) is 20.4 Å². The Balaban J connectivity index is 0.00000192.